The molecule has 8 nitrogen and oxygen atoms in total. The van der Waals surface area contributed by atoms with Crippen LogP contribution in [0.15, 0.2) is 112 Å². The molecule has 0 spiro atoms. The summed E-state index contributed by atoms with van der Waals surface area (Å²) in [5.74, 6) is -1.74. The average molecular weight is 689 g/mol. The molecule has 4 aromatic carbocycles. The van der Waals surface area contributed by atoms with Crippen molar-refractivity contribution >= 4 is 78.8 Å². The normalized spacial score (nSPS) is 13.3. The average Bonchev–Trinajstić information content (AvgIpc) is 2.97. The van der Waals surface area contributed by atoms with Gasteiger partial charge in [0.25, 0.3) is 17.7 Å². The molecule has 0 unspecified atom stereocenters. The molecule has 1 saturated heterocycles. The van der Waals surface area contributed by atoms with Crippen LogP contribution in [0.25, 0.3) is 6.08 Å². The van der Waals surface area contributed by atoms with Gasteiger partial charge in [0.2, 0.25) is 0 Å². The number of nitrogens with zero attached hydrogens (tertiary/aromatic N) is 2. The van der Waals surface area contributed by atoms with Crippen molar-refractivity contribution in [1.29, 1.82) is 0 Å². The fraction of sp³-hybridized carbons (Fsp3) is 0.0625. The molecular formula is C32H23Br2N3O5. The third kappa shape index (κ3) is 6.19. The summed E-state index contributed by atoms with van der Waals surface area (Å²) in [7, 11) is 0. The lowest BCUT2D eigenvalue weighted by molar-refractivity contribution is -0.121. The maximum Gasteiger partial charge on any atom is 0.343 e. The molecule has 0 aromatic heterocycles. The predicted octanol–water partition coefficient (Wildman–Crippen LogP) is 7.12. The number of carbonyl (C=O) groups excluding carboxylic acids is 4. The number of benzene rings is 4. The number of nitrogens with one attached hydrogen (secondary N) is 1. The number of anilines is 3. The van der Waals surface area contributed by atoms with Gasteiger partial charge in [-0.3, -0.25) is 14.4 Å². The zero-order valence-electron chi connectivity index (χ0n) is 22.2. The van der Waals surface area contributed by atoms with E-state index in [1.54, 1.807) is 84.9 Å². The van der Waals surface area contributed by atoms with Crippen molar-refractivity contribution in [3.05, 3.63) is 123 Å². The van der Waals surface area contributed by atoms with Gasteiger partial charge in [0.05, 0.1) is 15.8 Å². The van der Waals surface area contributed by atoms with Crippen molar-refractivity contribution in [2.75, 3.05) is 21.7 Å². The van der Waals surface area contributed by atoms with Crippen molar-refractivity contribution in [1.82, 2.24) is 0 Å². The second-order valence-electron chi connectivity index (χ2n) is 9.30. The number of amides is 5. The second-order valence-corrected chi connectivity index (χ2v) is 11.1. The summed E-state index contributed by atoms with van der Waals surface area (Å²) >= 11 is 6.90. The predicted molar refractivity (Wildman–Crippen MR) is 168 cm³/mol. The SMILES string of the molecule is Cc1ccc(NC(=O)COc2c(Br)cc(Br)cc2C=C2C(=O)N(c3ccccc3)C(=O)N(c3ccccc3)C2=O)cc1. The van der Waals surface area contributed by atoms with E-state index in [1.807, 2.05) is 19.1 Å². The highest BCUT2D eigenvalue weighted by molar-refractivity contribution is 9.11. The van der Waals surface area contributed by atoms with E-state index in [4.69, 9.17) is 4.74 Å². The molecular weight excluding hydrogens is 666 g/mol. The number of halogens is 2. The molecule has 0 atom stereocenters. The summed E-state index contributed by atoms with van der Waals surface area (Å²) in [6.45, 7) is 1.61. The number of barbiturate groups is 1. The van der Waals surface area contributed by atoms with E-state index < -0.39 is 23.8 Å². The van der Waals surface area contributed by atoms with Gasteiger partial charge in [0, 0.05) is 15.7 Å². The highest BCUT2D eigenvalue weighted by atomic mass is 79.9. The molecule has 1 aliphatic rings. The fourth-order valence-electron chi connectivity index (χ4n) is 4.31. The van der Waals surface area contributed by atoms with Gasteiger partial charge in [-0.15, -0.1) is 0 Å². The minimum Gasteiger partial charge on any atom is -0.482 e. The lowest BCUT2D eigenvalue weighted by Crippen LogP contribution is -2.57. The van der Waals surface area contributed by atoms with Crippen LogP contribution >= 0.6 is 31.9 Å². The van der Waals surface area contributed by atoms with Crippen molar-refractivity contribution in [2.45, 2.75) is 6.92 Å². The van der Waals surface area contributed by atoms with Crippen LogP contribution in [0.5, 0.6) is 5.75 Å². The molecule has 5 amide bonds. The number of aryl methyl sites for hydroxylation is 1. The Morgan fingerprint density at radius 3 is 1.90 bits per heavy atom. The van der Waals surface area contributed by atoms with Crippen molar-refractivity contribution in [2.24, 2.45) is 0 Å². The first-order valence-corrected chi connectivity index (χ1v) is 14.3. The summed E-state index contributed by atoms with van der Waals surface area (Å²) in [6, 6.07) is 26.7. The quantitative estimate of drug-likeness (QED) is 0.165. The van der Waals surface area contributed by atoms with E-state index >= 15 is 0 Å². The number of rotatable bonds is 7. The summed E-state index contributed by atoms with van der Waals surface area (Å²) in [4.78, 5) is 55.7. The zero-order valence-corrected chi connectivity index (χ0v) is 25.4. The van der Waals surface area contributed by atoms with Crippen molar-refractivity contribution < 1.29 is 23.9 Å². The van der Waals surface area contributed by atoms with Gasteiger partial charge < -0.3 is 10.1 Å². The lowest BCUT2D eigenvalue weighted by Gasteiger charge is -2.34. The Hall–Kier alpha value is -4.54. The van der Waals surface area contributed by atoms with Crippen LogP contribution < -0.4 is 19.9 Å². The van der Waals surface area contributed by atoms with E-state index in [1.165, 1.54) is 6.08 Å². The van der Waals surface area contributed by atoms with Crippen LogP contribution in [0.3, 0.4) is 0 Å². The van der Waals surface area contributed by atoms with Crippen LogP contribution in [0.4, 0.5) is 21.9 Å². The molecule has 0 saturated carbocycles. The standard InChI is InChI=1S/C32H23Br2N3O5/c1-20-12-14-23(15-13-20)35-28(38)19-42-29-21(16-22(33)18-27(29)34)17-26-30(39)36(24-8-4-2-5-9-24)32(41)37(31(26)40)25-10-6-3-7-11-25/h2-18H,19H2,1H3,(H,35,38). The highest BCUT2D eigenvalue weighted by Crippen LogP contribution is 2.36. The molecule has 10 heteroatoms. The Balaban J connectivity index is 1.52. The molecule has 0 bridgehead atoms. The van der Waals surface area contributed by atoms with Gasteiger partial charge >= 0.3 is 6.03 Å². The van der Waals surface area contributed by atoms with Crippen LogP contribution in [0.1, 0.15) is 11.1 Å². The molecule has 42 heavy (non-hydrogen) atoms. The van der Waals surface area contributed by atoms with Gasteiger partial charge in [0.15, 0.2) is 6.61 Å². The molecule has 1 N–H and O–H groups in total. The van der Waals surface area contributed by atoms with Gasteiger partial charge in [-0.2, -0.15) is 0 Å². The third-order valence-electron chi connectivity index (χ3n) is 6.30. The summed E-state index contributed by atoms with van der Waals surface area (Å²) in [6.07, 6.45) is 1.37. The first-order chi connectivity index (χ1) is 20.2. The maximum absolute atomic E-state index is 13.8. The minimum absolute atomic E-state index is 0.236. The van der Waals surface area contributed by atoms with E-state index in [-0.39, 0.29) is 17.9 Å². The van der Waals surface area contributed by atoms with E-state index in [0.29, 0.717) is 31.6 Å². The van der Waals surface area contributed by atoms with Crippen LogP contribution in [-0.2, 0) is 14.4 Å². The number of ether oxygens (including phenoxy) is 1. The Morgan fingerprint density at radius 2 is 1.36 bits per heavy atom. The second kappa shape index (κ2) is 12.5. The van der Waals surface area contributed by atoms with Crippen LogP contribution in [0.2, 0.25) is 0 Å². The Morgan fingerprint density at radius 1 is 0.810 bits per heavy atom. The highest BCUT2D eigenvalue weighted by Gasteiger charge is 2.43. The topological polar surface area (TPSA) is 96.0 Å². The van der Waals surface area contributed by atoms with Gasteiger partial charge in [-0.05, 0) is 77.5 Å². The Kier molecular flexibility index (Phi) is 8.65. The molecule has 5 rings (SSSR count). The number of carbonyl (C=O) groups is 4. The molecule has 1 fully saturated rings. The molecule has 210 valence electrons. The van der Waals surface area contributed by atoms with E-state index in [2.05, 4.69) is 37.2 Å². The van der Waals surface area contributed by atoms with Crippen molar-refractivity contribution in [3.8, 4) is 5.75 Å². The van der Waals surface area contributed by atoms with Gasteiger partial charge in [0.1, 0.15) is 11.3 Å². The largest absolute Gasteiger partial charge is 0.482 e. The minimum atomic E-state index is -0.792. The molecule has 4 aromatic rings. The summed E-state index contributed by atoms with van der Waals surface area (Å²) in [5, 5.41) is 2.78. The fourth-order valence-corrected chi connectivity index (χ4v) is 5.68. The van der Waals surface area contributed by atoms with Gasteiger partial charge in [-0.1, -0.05) is 70.0 Å². The first kappa shape index (κ1) is 29.0. The first-order valence-electron chi connectivity index (χ1n) is 12.8. The third-order valence-corrected chi connectivity index (χ3v) is 7.35. The van der Waals surface area contributed by atoms with Gasteiger partial charge in [-0.25, -0.2) is 14.6 Å². The zero-order chi connectivity index (χ0) is 29.8. The summed E-state index contributed by atoms with van der Waals surface area (Å²) < 4.78 is 7.01. The number of hydrogen-bond acceptors (Lipinski definition) is 5. The Labute approximate surface area is 258 Å². The lowest BCUT2D eigenvalue weighted by atomic mass is 10.0. The van der Waals surface area contributed by atoms with Crippen molar-refractivity contribution in [3.63, 3.8) is 0 Å². The Bertz CT molecular complexity index is 1640. The maximum atomic E-state index is 13.8. The number of hydrogen-bond donors (Lipinski definition) is 1. The van der Waals surface area contributed by atoms with E-state index in [9.17, 15) is 19.2 Å². The number of urea groups is 1. The van der Waals surface area contributed by atoms with Crippen LogP contribution in [0, 0.1) is 6.92 Å². The molecule has 0 radical (unpaired) electrons. The molecule has 1 aliphatic heterocycles. The monoisotopic (exact) mass is 687 g/mol. The van der Waals surface area contributed by atoms with E-state index in [0.717, 1.165) is 15.4 Å². The molecule has 0 aliphatic carbocycles. The summed E-state index contributed by atoms with van der Waals surface area (Å²) in [5.41, 5.74) is 2.38. The number of imide groups is 2. The smallest absolute Gasteiger partial charge is 0.343 e. The number of para-hydroxylation sites is 2. The van der Waals surface area contributed by atoms with Crippen LogP contribution in [-0.4, -0.2) is 30.4 Å². The molecule has 1 heterocycles.